The van der Waals surface area contributed by atoms with Crippen molar-refractivity contribution < 1.29 is 29.0 Å². The molecule has 4 rings (SSSR count). The third-order valence-electron chi connectivity index (χ3n) is 5.98. The van der Waals surface area contributed by atoms with E-state index in [9.17, 15) is 14.9 Å². The summed E-state index contributed by atoms with van der Waals surface area (Å²) in [5.41, 5.74) is 4.09. The van der Waals surface area contributed by atoms with Gasteiger partial charge < -0.3 is 24.2 Å². The highest BCUT2D eigenvalue weighted by Gasteiger charge is 2.31. The Bertz CT molecular complexity index is 1320. The number of amides is 1. The van der Waals surface area contributed by atoms with Crippen LogP contribution >= 0.6 is 0 Å². The van der Waals surface area contributed by atoms with Crippen LogP contribution in [0.5, 0.6) is 5.75 Å². The number of aliphatic hydroxyl groups is 1. The zero-order chi connectivity index (χ0) is 27.5. The van der Waals surface area contributed by atoms with Crippen LogP contribution in [0.3, 0.4) is 0 Å². The summed E-state index contributed by atoms with van der Waals surface area (Å²) in [6.07, 6.45) is 5.37. The number of hydrogen-bond acceptors (Lipinski definition) is 7. The fourth-order valence-corrected chi connectivity index (χ4v) is 4.07. The van der Waals surface area contributed by atoms with E-state index >= 15 is 0 Å². The van der Waals surface area contributed by atoms with Crippen LogP contribution in [0.25, 0.3) is 11.6 Å². The Balaban J connectivity index is 1.35. The van der Waals surface area contributed by atoms with Crippen molar-refractivity contribution in [2.24, 2.45) is 0 Å². The Hall–Kier alpha value is -4.31. The molecular formula is C30H30N2O7. The highest BCUT2D eigenvalue weighted by Crippen LogP contribution is 2.37. The van der Waals surface area contributed by atoms with Gasteiger partial charge in [0.25, 0.3) is 11.6 Å². The van der Waals surface area contributed by atoms with Crippen molar-refractivity contribution in [1.29, 1.82) is 0 Å². The number of fused-ring (bicyclic) bond motifs is 1. The highest BCUT2D eigenvalue weighted by atomic mass is 16.6. The molecule has 1 amide bonds. The summed E-state index contributed by atoms with van der Waals surface area (Å²) in [6, 6.07) is 21.5. The molecule has 39 heavy (non-hydrogen) atoms. The van der Waals surface area contributed by atoms with E-state index < -0.39 is 4.92 Å². The fourth-order valence-electron chi connectivity index (χ4n) is 4.07. The van der Waals surface area contributed by atoms with Crippen LogP contribution in [0, 0.1) is 10.1 Å². The first-order chi connectivity index (χ1) is 19.1. The van der Waals surface area contributed by atoms with Gasteiger partial charge >= 0.3 is 0 Å². The van der Waals surface area contributed by atoms with Gasteiger partial charge in [-0.15, -0.1) is 0 Å². The molecule has 0 radical (unpaired) electrons. The van der Waals surface area contributed by atoms with Crippen molar-refractivity contribution in [3.8, 4) is 5.75 Å². The van der Waals surface area contributed by atoms with Gasteiger partial charge in [0.05, 0.1) is 50.2 Å². The van der Waals surface area contributed by atoms with Crippen LogP contribution < -0.4 is 9.64 Å². The summed E-state index contributed by atoms with van der Waals surface area (Å²) in [5.74, 6) is 0.619. The number of nitro benzene ring substituents is 1. The smallest absolute Gasteiger partial charge is 0.269 e. The quantitative estimate of drug-likeness (QED) is 0.140. The summed E-state index contributed by atoms with van der Waals surface area (Å²) in [4.78, 5) is 25.5. The Morgan fingerprint density at radius 3 is 2.28 bits per heavy atom. The van der Waals surface area contributed by atoms with E-state index in [-0.39, 0.29) is 18.2 Å². The van der Waals surface area contributed by atoms with Crippen molar-refractivity contribution in [2.45, 2.75) is 6.54 Å². The summed E-state index contributed by atoms with van der Waals surface area (Å²) in [7, 11) is 0. The van der Waals surface area contributed by atoms with Crippen molar-refractivity contribution in [1.82, 2.24) is 0 Å². The number of carbonyl (C=O) groups excluding carboxylic acids is 1. The molecule has 202 valence electrons. The van der Waals surface area contributed by atoms with E-state index in [1.54, 1.807) is 29.2 Å². The number of anilines is 1. The molecule has 1 aliphatic heterocycles. The number of nitro groups is 1. The van der Waals surface area contributed by atoms with Gasteiger partial charge in [0.2, 0.25) is 0 Å². The molecular weight excluding hydrogens is 500 g/mol. The second kappa shape index (κ2) is 14.0. The maximum Gasteiger partial charge on any atom is 0.269 e. The van der Waals surface area contributed by atoms with Crippen LogP contribution in [0.15, 0.2) is 84.9 Å². The molecule has 1 heterocycles. The average molecular weight is 531 g/mol. The van der Waals surface area contributed by atoms with Gasteiger partial charge in [0.1, 0.15) is 12.4 Å². The molecule has 0 saturated heterocycles. The van der Waals surface area contributed by atoms with Gasteiger partial charge in [-0.25, -0.2) is 0 Å². The van der Waals surface area contributed by atoms with Crippen LogP contribution in [-0.2, 0) is 20.8 Å². The maximum absolute atomic E-state index is 13.4. The van der Waals surface area contributed by atoms with E-state index in [4.69, 9.17) is 19.3 Å². The zero-order valence-electron chi connectivity index (χ0n) is 21.4. The third-order valence-corrected chi connectivity index (χ3v) is 5.98. The molecule has 0 fully saturated rings. The van der Waals surface area contributed by atoms with Gasteiger partial charge in [0, 0.05) is 23.3 Å². The first kappa shape index (κ1) is 27.7. The molecule has 9 heteroatoms. The Morgan fingerprint density at radius 1 is 0.872 bits per heavy atom. The Labute approximate surface area is 226 Å². The first-order valence-electron chi connectivity index (χ1n) is 12.6. The lowest BCUT2D eigenvalue weighted by molar-refractivity contribution is -0.384. The largest absolute Gasteiger partial charge is 0.491 e. The Morgan fingerprint density at radius 2 is 1.56 bits per heavy atom. The minimum absolute atomic E-state index is 0.00112. The predicted molar refractivity (Wildman–Crippen MR) is 148 cm³/mol. The SMILES string of the molecule is O=C1C(=CC=Cc2ccc([N+](=O)[O-])cc2)c2ccccc2N1Cc1ccc(OCCOCCOCCO)cc1. The number of ether oxygens (including phenoxy) is 3. The number of nitrogens with zero attached hydrogens (tertiary/aromatic N) is 2. The molecule has 0 bridgehead atoms. The molecule has 3 aromatic carbocycles. The monoisotopic (exact) mass is 530 g/mol. The van der Waals surface area contributed by atoms with Gasteiger partial charge in [-0.3, -0.25) is 14.9 Å². The zero-order valence-corrected chi connectivity index (χ0v) is 21.4. The normalized spacial score (nSPS) is 13.8. The minimum atomic E-state index is -0.435. The molecule has 0 unspecified atom stereocenters. The average Bonchev–Trinajstić information content (AvgIpc) is 3.21. The molecule has 1 N–H and O–H groups in total. The van der Waals surface area contributed by atoms with Crippen molar-refractivity contribution >= 4 is 28.9 Å². The number of benzene rings is 3. The van der Waals surface area contributed by atoms with Crippen molar-refractivity contribution in [3.63, 3.8) is 0 Å². The standard InChI is InChI=1S/C30H30N2O7/c33-16-17-37-18-19-38-20-21-39-26-14-10-24(11-15-26)22-31-29-7-2-1-5-27(29)28(30(31)34)6-3-4-23-8-12-25(13-9-23)32(35)36/h1-15,33H,16-22H2. The minimum Gasteiger partial charge on any atom is -0.491 e. The molecule has 9 nitrogen and oxygen atoms in total. The number of carbonyl (C=O) groups is 1. The van der Waals surface area contributed by atoms with Crippen LogP contribution in [0.4, 0.5) is 11.4 Å². The summed E-state index contributed by atoms with van der Waals surface area (Å²) >= 11 is 0. The number of para-hydroxylation sites is 1. The summed E-state index contributed by atoms with van der Waals surface area (Å²) in [5, 5.41) is 19.5. The summed E-state index contributed by atoms with van der Waals surface area (Å²) in [6.45, 7) is 2.42. The molecule has 0 saturated carbocycles. The van der Waals surface area contributed by atoms with E-state index in [0.717, 1.165) is 22.4 Å². The summed E-state index contributed by atoms with van der Waals surface area (Å²) < 4.78 is 16.3. The lowest BCUT2D eigenvalue weighted by Gasteiger charge is -2.17. The van der Waals surface area contributed by atoms with Crippen LogP contribution in [0.1, 0.15) is 16.7 Å². The first-order valence-corrected chi connectivity index (χ1v) is 12.6. The van der Waals surface area contributed by atoms with Crippen LogP contribution in [-0.4, -0.2) is 55.6 Å². The second-order valence-corrected chi connectivity index (χ2v) is 8.64. The molecule has 1 aliphatic rings. The number of hydrogen-bond donors (Lipinski definition) is 1. The topological polar surface area (TPSA) is 111 Å². The number of non-ortho nitro benzene ring substituents is 1. The van der Waals surface area contributed by atoms with E-state index in [1.165, 1.54) is 12.1 Å². The van der Waals surface area contributed by atoms with Crippen molar-refractivity contribution in [2.75, 3.05) is 44.5 Å². The molecule has 0 aliphatic carbocycles. The number of allylic oxidation sites excluding steroid dienone is 2. The Kier molecular flexibility index (Phi) is 9.96. The second-order valence-electron chi connectivity index (χ2n) is 8.64. The molecule has 0 spiro atoms. The molecule has 3 aromatic rings. The van der Waals surface area contributed by atoms with Crippen molar-refractivity contribution in [3.05, 3.63) is 112 Å². The van der Waals surface area contributed by atoms with Gasteiger partial charge in [-0.1, -0.05) is 42.5 Å². The molecule has 0 atom stereocenters. The predicted octanol–water partition coefficient (Wildman–Crippen LogP) is 4.64. The van der Waals surface area contributed by atoms with Crippen LogP contribution in [0.2, 0.25) is 0 Å². The number of rotatable bonds is 14. The lowest BCUT2D eigenvalue weighted by atomic mass is 10.1. The van der Waals surface area contributed by atoms with E-state index in [2.05, 4.69) is 0 Å². The number of aliphatic hydroxyl groups excluding tert-OH is 1. The van der Waals surface area contributed by atoms with Gasteiger partial charge in [-0.05, 0) is 47.5 Å². The third kappa shape index (κ3) is 7.61. The van der Waals surface area contributed by atoms with Gasteiger partial charge in [-0.2, -0.15) is 0 Å². The van der Waals surface area contributed by atoms with Gasteiger partial charge in [0.15, 0.2) is 0 Å². The van der Waals surface area contributed by atoms with E-state index in [1.807, 2.05) is 54.6 Å². The van der Waals surface area contributed by atoms with E-state index in [0.29, 0.717) is 50.9 Å². The fraction of sp³-hybridized carbons (Fsp3) is 0.233. The lowest BCUT2D eigenvalue weighted by Crippen LogP contribution is -2.25. The molecule has 0 aromatic heterocycles. The maximum atomic E-state index is 13.4. The highest BCUT2D eigenvalue weighted by molar-refractivity contribution is 6.32.